The molecule has 3 aromatic rings. The number of hydrogen-bond donors (Lipinski definition) is 4. The molecule has 0 spiro atoms. The zero-order chi connectivity index (χ0) is 21.3. The van der Waals surface area contributed by atoms with Crippen molar-refractivity contribution >= 4 is 46.6 Å². The molecular weight excluding hydrogens is 406 g/mol. The molecule has 0 bridgehead atoms. The minimum Gasteiger partial charge on any atom is -0.326 e. The lowest BCUT2D eigenvalue weighted by atomic mass is 9.92. The summed E-state index contributed by atoms with van der Waals surface area (Å²) in [7, 11) is 0. The molecule has 30 heavy (non-hydrogen) atoms. The van der Waals surface area contributed by atoms with Crippen LogP contribution in [0.3, 0.4) is 0 Å². The standard InChI is InChI=1S/C21H18ClN5O3/c1-11-2-6-14(7-3-11)24-21-26-18-17(20(30)27-21)15(10-16(28)25-18)19(29)23-13-8-4-12(22)5-9-13/h2-9,15H,10H2,1H3,(H,23,29)(H3,24,25,26,27,28,30)/t15-/m1/s1. The van der Waals surface area contributed by atoms with E-state index in [0.717, 1.165) is 11.3 Å². The summed E-state index contributed by atoms with van der Waals surface area (Å²) in [5.41, 5.74) is 1.96. The van der Waals surface area contributed by atoms with Crippen LogP contribution in [0.2, 0.25) is 5.02 Å². The molecular formula is C21H18ClN5O3. The molecule has 1 aliphatic rings. The highest BCUT2D eigenvalue weighted by Crippen LogP contribution is 2.30. The van der Waals surface area contributed by atoms with Crippen molar-refractivity contribution in [2.24, 2.45) is 0 Å². The Labute approximate surface area is 176 Å². The van der Waals surface area contributed by atoms with E-state index in [-0.39, 0.29) is 23.8 Å². The summed E-state index contributed by atoms with van der Waals surface area (Å²) in [6.45, 7) is 1.97. The van der Waals surface area contributed by atoms with Crippen LogP contribution in [0.5, 0.6) is 0 Å². The molecule has 1 aromatic heterocycles. The fraction of sp³-hybridized carbons (Fsp3) is 0.143. The minimum atomic E-state index is -0.964. The predicted molar refractivity (Wildman–Crippen MR) is 115 cm³/mol. The van der Waals surface area contributed by atoms with Crippen molar-refractivity contribution in [3.63, 3.8) is 0 Å². The average Bonchev–Trinajstić information content (AvgIpc) is 2.70. The van der Waals surface area contributed by atoms with Gasteiger partial charge in [0.2, 0.25) is 17.8 Å². The highest BCUT2D eigenvalue weighted by Gasteiger charge is 2.34. The van der Waals surface area contributed by atoms with E-state index in [9.17, 15) is 14.4 Å². The van der Waals surface area contributed by atoms with Gasteiger partial charge in [-0.2, -0.15) is 4.98 Å². The first-order valence-corrected chi connectivity index (χ1v) is 9.61. The zero-order valence-corrected chi connectivity index (χ0v) is 16.7. The summed E-state index contributed by atoms with van der Waals surface area (Å²) in [5, 5.41) is 8.83. The van der Waals surface area contributed by atoms with Gasteiger partial charge < -0.3 is 16.0 Å². The number of aromatic nitrogens is 2. The number of halogens is 1. The number of aryl methyl sites for hydroxylation is 1. The van der Waals surface area contributed by atoms with Crippen LogP contribution in [0, 0.1) is 6.92 Å². The van der Waals surface area contributed by atoms with E-state index in [1.165, 1.54) is 0 Å². The number of hydrogen-bond acceptors (Lipinski definition) is 5. The molecule has 9 heteroatoms. The van der Waals surface area contributed by atoms with E-state index in [0.29, 0.717) is 10.7 Å². The highest BCUT2D eigenvalue weighted by atomic mass is 35.5. The number of H-pyrrole nitrogens is 1. The van der Waals surface area contributed by atoms with Crippen LogP contribution in [0.1, 0.15) is 23.5 Å². The Balaban J connectivity index is 1.62. The van der Waals surface area contributed by atoms with Crippen LogP contribution in [0.25, 0.3) is 0 Å². The molecule has 4 N–H and O–H groups in total. The first-order chi connectivity index (χ1) is 14.4. The summed E-state index contributed by atoms with van der Waals surface area (Å²) in [5.74, 6) is -1.59. The van der Waals surface area contributed by atoms with Crippen molar-refractivity contribution in [1.29, 1.82) is 0 Å². The molecule has 0 radical (unpaired) electrons. The number of carbonyl (C=O) groups is 2. The number of anilines is 4. The summed E-state index contributed by atoms with van der Waals surface area (Å²) in [6, 6.07) is 14.1. The molecule has 2 aromatic carbocycles. The third-order valence-electron chi connectivity index (χ3n) is 4.69. The van der Waals surface area contributed by atoms with E-state index in [1.54, 1.807) is 24.3 Å². The first-order valence-electron chi connectivity index (χ1n) is 9.23. The van der Waals surface area contributed by atoms with Gasteiger partial charge in [-0.3, -0.25) is 19.4 Å². The largest absolute Gasteiger partial charge is 0.326 e. The molecule has 152 valence electrons. The third kappa shape index (κ3) is 4.18. The Hall–Kier alpha value is -3.65. The summed E-state index contributed by atoms with van der Waals surface area (Å²) < 4.78 is 0. The Morgan fingerprint density at radius 1 is 1.07 bits per heavy atom. The van der Waals surface area contributed by atoms with Gasteiger partial charge >= 0.3 is 0 Å². The molecule has 0 saturated carbocycles. The molecule has 0 unspecified atom stereocenters. The molecule has 1 aliphatic heterocycles. The molecule has 4 rings (SSSR count). The number of nitrogens with zero attached hydrogens (tertiary/aromatic N) is 1. The molecule has 0 fully saturated rings. The van der Waals surface area contributed by atoms with E-state index in [1.807, 2.05) is 31.2 Å². The van der Waals surface area contributed by atoms with Crippen molar-refractivity contribution in [1.82, 2.24) is 9.97 Å². The van der Waals surface area contributed by atoms with Gasteiger partial charge in [-0.05, 0) is 43.3 Å². The second-order valence-electron chi connectivity index (χ2n) is 6.97. The van der Waals surface area contributed by atoms with Crippen LogP contribution in [0.15, 0.2) is 53.3 Å². The SMILES string of the molecule is Cc1ccc(Nc2nc3c(c(=O)[nH]2)[C@H](C(=O)Nc2ccc(Cl)cc2)CC(=O)N3)cc1. The molecule has 0 saturated heterocycles. The second kappa shape index (κ2) is 8.00. The topological polar surface area (TPSA) is 116 Å². The number of benzene rings is 2. The highest BCUT2D eigenvalue weighted by molar-refractivity contribution is 6.30. The number of fused-ring (bicyclic) bond motifs is 1. The van der Waals surface area contributed by atoms with Gasteiger partial charge in [-0.25, -0.2) is 0 Å². The van der Waals surface area contributed by atoms with Gasteiger partial charge in [0, 0.05) is 22.8 Å². The molecule has 2 heterocycles. The summed E-state index contributed by atoms with van der Waals surface area (Å²) in [4.78, 5) is 44.7. The predicted octanol–water partition coefficient (Wildman–Crippen LogP) is 3.54. The Morgan fingerprint density at radius 2 is 1.73 bits per heavy atom. The average molecular weight is 424 g/mol. The van der Waals surface area contributed by atoms with Crippen LogP contribution in [-0.4, -0.2) is 21.8 Å². The lowest BCUT2D eigenvalue weighted by molar-refractivity contribution is -0.123. The summed E-state index contributed by atoms with van der Waals surface area (Å²) >= 11 is 5.86. The maximum absolute atomic E-state index is 12.8. The lowest BCUT2D eigenvalue weighted by Gasteiger charge is -2.23. The lowest BCUT2D eigenvalue weighted by Crippen LogP contribution is -2.36. The fourth-order valence-electron chi connectivity index (χ4n) is 3.19. The van der Waals surface area contributed by atoms with E-state index in [4.69, 9.17) is 11.6 Å². The maximum Gasteiger partial charge on any atom is 0.258 e. The normalized spacial score (nSPS) is 15.1. The Bertz CT molecular complexity index is 1170. The van der Waals surface area contributed by atoms with Gasteiger partial charge in [0.1, 0.15) is 5.82 Å². The van der Waals surface area contributed by atoms with Crippen molar-refractivity contribution in [2.75, 3.05) is 16.0 Å². The van der Waals surface area contributed by atoms with E-state index >= 15 is 0 Å². The van der Waals surface area contributed by atoms with Crippen LogP contribution in [-0.2, 0) is 9.59 Å². The monoisotopic (exact) mass is 423 g/mol. The van der Waals surface area contributed by atoms with Crippen LogP contribution < -0.4 is 21.5 Å². The number of carbonyl (C=O) groups excluding carboxylic acids is 2. The second-order valence-corrected chi connectivity index (χ2v) is 7.41. The minimum absolute atomic E-state index is 0.0702. The number of nitrogens with one attached hydrogen (secondary N) is 4. The number of amides is 2. The quantitative estimate of drug-likeness (QED) is 0.512. The van der Waals surface area contributed by atoms with Gasteiger partial charge in [0.05, 0.1) is 11.5 Å². The van der Waals surface area contributed by atoms with E-state index < -0.39 is 23.3 Å². The molecule has 0 aliphatic carbocycles. The number of aromatic amines is 1. The zero-order valence-electron chi connectivity index (χ0n) is 16.0. The third-order valence-corrected chi connectivity index (χ3v) is 4.95. The van der Waals surface area contributed by atoms with Gasteiger partial charge in [0.25, 0.3) is 5.56 Å². The van der Waals surface area contributed by atoms with Gasteiger partial charge in [0.15, 0.2) is 0 Å². The Kier molecular flexibility index (Phi) is 5.24. The van der Waals surface area contributed by atoms with E-state index in [2.05, 4.69) is 25.9 Å². The molecule has 8 nitrogen and oxygen atoms in total. The first kappa shape index (κ1) is 19.7. The fourth-order valence-corrected chi connectivity index (χ4v) is 3.32. The summed E-state index contributed by atoms with van der Waals surface area (Å²) in [6.07, 6.45) is -0.151. The van der Waals surface area contributed by atoms with Gasteiger partial charge in [-0.1, -0.05) is 29.3 Å². The number of rotatable bonds is 4. The van der Waals surface area contributed by atoms with Crippen molar-refractivity contribution < 1.29 is 9.59 Å². The molecule has 1 atom stereocenters. The maximum atomic E-state index is 12.8. The smallest absolute Gasteiger partial charge is 0.258 e. The Morgan fingerprint density at radius 3 is 2.43 bits per heavy atom. The van der Waals surface area contributed by atoms with Crippen LogP contribution in [0.4, 0.5) is 23.1 Å². The van der Waals surface area contributed by atoms with Gasteiger partial charge in [-0.15, -0.1) is 0 Å². The van der Waals surface area contributed by atoms with Crippen molar-refractivity contribution in [3.05, 3.63) is 75.0 Å². The molecule has 2 amide bonds. The van der Waals surface area contributed by atoms with Crippen LogP contribution >= 0.6 is 11.6 Å². The van der Waals surface area contributed by atoms with Crippen molar-refractivity contribution in [3.8, 4) is 0 Å². The van der Waals surface area contributed by atoms with Crippen molar-refractivity contribution in [2.45, 2.75) is 19.3 Å².